The first-order valence-corrected chi connectivity index (χ1v) is 6.00. The maximum absolute atomic E-state index is 9.84. The van der Waals surface area contributed by atoms with E-state index < -0.39 is 0 Å². The first kappa shape index (κ1) is 12.0. The summed E-state index contributed by atoms with van der Waals surface area (Å²) in [4.78, 5) is 2.50. The van der Waals surface area contributed by atoms with Crippen molar-refractivity contribution in [1.29, 1.82) is 0 Å². The molecule has 0 aromatic carbocycles. The van der Waals surface area contributed by atoms with Gasteiger partial charge in [0.05, 0.1) is 6.10 Å². The Morgan fingerprint density at radius 1 is 1.29 bits per heavy atom. The van der Waals surface area contributed by atoms with E-state index in [2.05, 4.69) is 32.6 Å². The van der Waals surface area contributed by atoms with Crippen LogP contribution in [0.2, 0.25) is 0 Å². The van der Waals surface area contributed by atoms with Gasteiger partial charge in [-0.05, 0) is 32.1 Å². The second-order valence-electron chi connectivity index (χ2n) is 5.04. The Balaban J connectivity index is 2.48. The Morgan fingerprint density at radius 3 is 2.21 bits per heavy atom. The molecule has 2 nitrogen and oxygen atoms in total. The third kappa shape index (κ3) is 3.25. The first-order chi connectivity index (χ1) is 6.56. The van der Waals surface area contributed by atoms with Gasteiger partial charge in [0, 0.05) is 18.6 Å². The summed E-state index contributed by atoms with van der Waals surface area (Å²) >= 11 is 0. The lowest BCUT2D eigenvalue weighted by Gasteiger charge is -2.33. The van der Waals surface area contributed by atoms with Crippen LogP contribution in [-0.4, -0.2) is 34.7 Å². The van der Waals surface area contributed by atoms with Crippen molar-refractivity contribution >= 4 is 0 Å². The van der Waals surface area contributed by atoms with Crippen LogP contribution in [-0.2, 0) is 0 Å². The fraction of sp³-hybridized carbons (Fsp3) is 1.00. The van der Waals surface area contributed by atoms with Gasteiger partial charge in [0.15, 0.2) is 0 Å². The van der Waals surface area contributed by atoms with Crippen molar-refractivity contribution in [2.75, 3.05) is 6.54 Å². The molecule has 2 atom stereocenters. The molecule has 0 bridgehead atoms. The SMILES string of the molecule is CCC(O)C(C)N(CC(C)C)C1CC1. The summed E-state index contributed by atoms with van der Waals surface area (Å²) in [6.07, 6.45) is 3.36. The molecular formula is C12H25NO. The van der Waals surface area contributed by atoms with Gasteiger partial charge in [-0.15, -0.1) is 0 Å². The molecule has 0 heterocycles. The molecule has 0 spiro atoms. The van der Waals surface area contributed by atoms with Gasteiger partial charge >= 0.3 is 0 Å². The van der Waals surface area contributed by atoms with E-state index in [0.717, 1.165) is 19.0 Å². The fourth-order valence-corrected chi connectivity index (χ4v) is 2.04. The normalized spacial score (nSPS) is 21.6. The molecule has 1 aliphatic carbocycles. The minimum Gasteiger partial charge on any atom is -0.392 e. The van der Waals surface area contributed by atoms with E-state index in [1.54, 1.807) is 0 Å². The van der Waals surface area contributed by atoms with E-state index in [1.807, 2.05) is 0 Å². The van der Waals surface area contributed by atoms with E-state index >= 15 is 0 Å². The van der Waals surface area contributed by atoms with Crippen LogP contribution in [0.1, 0.15) is 47.0 Å². The quantitative estimate of drug-likeness (QED) is 0.709. The van der Waals surface area contributed by atoms with Crippen molar-refractivity contribution in [2.45, 2.75) is 65.1 Å². The molecule has 0 aromatic rings. The molecule has 1 rings (SSSR count). The molecule has 0 radical (unpaired) electrons. The van der Waals surface area contributed by atoms with Crippen molar-refractivity contribution < 1.29 is 5.11 Å². The Kier molecular flexibility index (Phi) is 4.39. The topological polar surface area (TPSA) is 23.5 Å². The maximum Gasteiger partial charge on any atom is 0.0690 e. The monoisotopic (exact) mass is 199 g/mol. The Morgan fingerprint density at radius 2 is 1.86 bits per heavy atom. The van der Waals surface area contributed by atoms with E-state index in [1.165, 1.54) is 12.8 Å². The van der Waals surface area contributed by atoms with E-state index in [9.17, 15) is 5.11 Å². The molecule has 84 valence electrons. The maximum atomic E-state index is 9.84. The molecule has 1 fully saturated rings. The molecule has 1 saturated carbocycles. The van der Waals surface area contributed by atoms with Gasteiger partial charge in [0.2, 0.25) is 0 Å². The third-order valence-electron chi connectivity index (χ3n) is 3.09. The predicted molar refractivity (Wildman–Crippen MR) is 60.3 cm³/mol. The average molecular weight is 199 g/mol. The lowest BCUT2D eigenvalue weighted by Crippen LogP contribution is -2.44. The highest BCUT2D eigenvalue weighted by atomic mass is 16.3. The highest BCUT2D eigenvalue weighted by Crippen LogP contribution is 2.30. The highest BCUT2D eigenvalue weighted by molar-refractivity contribution is 4.89. The Hall–Kier alpha value is -0.0800. The van der Waals surface area contributed by atoms with Crippen molar-refractivity contribution in [3.63, 3.8) is 0 Å². The van der Waals surface area contributed by atoms with E-state index in [-0.39, 0.29) is 6.10 Å². The van der Waals surface area contributed by atoms with Crippen molar-refractivity contribution in [3.8, 4) is 0 Å². The lowest BCUT2D eigenvalue weighted by atomic mass is 10.1. The van der Waals surface area contributed by atoms with Gasteiger partial charge in [-0.1, -0.05) is 20.8 Å². The van der Waals surface area contributed by atoms with Crippen LogP contribution in [0.25, 0.3) is 0 Å². The van der Waals surface area contributed by atoms with Crippen LogP contribution in [0.4, 0.5) is 0 Å². The minimum absolute atomic E-state index is 0.158. The molecule has 14 heavy (non-hydrogen) atoms. The summed E-state index contributed by atoms with van der Waals surface area (Å²) in [5, 5.41) is 9.84. The summed E-state index contributed by atoms with van der Waals surface area (Å²) in [6, 6.07) is 1.09. The van der Waals surface area contributed by atoms with Gasteiger partial charge in [0.25, 0.3) is 0 Å². The van der Waals surface area contributed by atoms with Crippen LogP contribution in [0.3, 0.4) is 0 Å². The largest absolute Gasteiger partial charge is 0.392 e. The molecule has 2 heteroatoms. The van der Waals surface area contributed by atoms with Crippen LogP contribution < -0.4 is 0 Å². The third-order valence-corrected chi connectivity index (χ3v) is 3.09. The number of aliphatic hydroxyl groups is 1. The summed E-state index contributed by atoms with van der Waals surface area (Å²) < 4.78 is 0. The highest BCUT2D eigenvalue weighted by Gasteiger charge is 2.34. The number of aliphatic hydroxyl groups excluding tert-OH is 1. The Bertz CT molecular complexity index is 166. The smallest absolute Gasteiger partial charge is 0.0690 e. The molecule has 0 aliphatic heterocycles. The summed E-state index contributed by atoms with van der Waals surface area (Å²) in [5.41, 5.74) is 0. The molecule has 1 aliphatic rings. The van der Waals surface area contributed by atoms with Crippen molar-refractivity contribution in [1.82, 2.24) is 4.90 Å². The Labute approximate surface area is 88.3 Å². The zero-order chi connectivity index (χ0) is 10.7. The summed E-state index contributed by atoms with van der Waals surface area (Å²) in [7, 11) is 0. The van der Waals surface area contributed by atoms with E-state index in [0.29, 0.717) is 12.0 Å². The van der Waals surface area contributed by atoms with Gasteiger partial charge in [0.1, 0.15) is 0 Å². The van der Waals surface area contributed by atoms with Crippen molar-refractivity contribution in [3.05, 3.63) is 0 Å². The van der Waals surface area contributed by atoms with Crippen LogP contribution in [0.15, 0.2) is 0 Å². The second kappa shape index (κ2) is 5.13. The zero-order valence-electron chi connectivity index (χ0n) is 10.0. The number of hydrogen-bond acceptors (Lipinski definition) is 2. The van der Waals surface area contributed by atoms with Crippen LogP contribution >= 0.6 is 0 Å². The summed E-state index contributed by atoms with van der Waals surface area (Å²) in [6.45, 7) is 9.85. The van der Waals surface area contributed by atoms with Gasteiger partial charge in [-0.3, -0.25) is 4.90 Å². The molecule has 0 amide bonds. The standard InChI is InChI=1S/C12H25NO/c1-5-12(14)10(4)13(8-9(2)3)11-6-7-11/h9-12,14H,5-8H2,1-4H3. The number of rotatable bonds is 6. The predicted octanol–water partition coefficient (Wildman–Crippen LogP) is 2.27. The molecule has 0 saturated heterocycles. The van der Waals surface area contributed by atoms with Crippen molar-refractivity contribution in [2.24, 2.45) is 5.92 Å². The molecule has 0 aromatic heterocycles. The average Bonchev–Trinajstić information content (AvgIpc) is 2.94. The fourth-order valence-electron chi connectivity index (χ4n) is 2.04. The molecule has 1 N–H and O–H groups in total. The van der Waals surface area contributed by atoms with Gasteiger partial charge in [-0.2, -0.15) is 0 Å². The van der Waals surface area contributed by atoms with Crippen LogP contribution in [0, 0.1) is 5.92 Å². The molecule has 2 unspecified atom stereocenters. The van der Waals surface area contributed by atoms with Gasteiger partial charge in [-0.25, -0.2) is 0 Å². The lowest BCUT2D eigenvalue weighted by molar-refractivity contribution is 0.0447. The first-order valence-electron chi connectivity index (χ1n) is 6.00. The van der Waals surface area contributed by atoms with Gasteiger partial charge < -0.3 is 5.11 Å². The molecular weight excluding hydrogens is 174 g/mol. The zero-order valence-corrected chi connectivity index (χ0v) is 10.0. The summed E-state index contributed by atoms with van der Waals surface area (Å²) in [5.74, 6) is 0.696. The number of hydrogen-bond donors (Lipinski definition) is 1. The minimum atomic E-state index is -0.158. The van der Waals surface area contributed by atoms with E-state index in [4.69, 9.17) is 0 Å². The number of nitrogens with zero attached hydrogens (tertiary/aromatic N) is 1. The second-order valence-corrected chi connectivity index (χ2v) is 5.04. The van der Waals surface area contributed by atoms with Crippen LogP contribution in [0.5, 0.6) is 0 Å².